The molecule has 1 aromatic rings. The third kappa shape index (κ3) is 3.22. The largest absolute Gasteiger partial charge is 0.416 e. The molecule has 0 heterocycles. The number of amidine groups is 1. The molecule has 92 valence electrons. The number of nitrogens with two attached hydrogens (primary N) is 1. The molecule has 2 N–H and O–H groups in total. The van der Waals surface area contributed by atoms with E-state index in [9.17, 15) is 13.2 Å². The molecule has 0 bridgehead atoms. The van der Waals surface area contributed by atoms with Gasteiger partial charge in [0.15, 0.2) is 0 Å². The molecule has 0 aromatic heterocycles. The highest BCUT2D eigenvalue weighted by atomic mass is 19.4. The number of benzene rings is 1. The minimum Gasteiger partial charge on any atom is -0.387 e. The van der Waals surface area contributed by atoms with Gasteiger partial charge in [-0.3, -0.25) is 4.99 Å². The zero-order valence-electron chi connectivity index (χ0n) is 9.17. The van der Waals surface area contributed by atoms with Gasteiger partial charge >= 0.3 is 6.18 Å². The van der Waals surface area contributed by atoms with E-state index in [4.69, 9.17) is 5.73 Å². The molecule has 1 aliphatic rings. The van der Waals surface area contributed by atoms with Crippen LogP contribution < -0.4 is 5.73 Å². The maximum absolute atomic E-state index is 12.4. The van der Waals surface area contributed by atoms with E-state index in [0.29, 0.717) is 17.3 Å². The first-order valence-corrected chi connectivity index (χ1v) is 5.43. The Morgan fingerprint density at radius 3 is 2.65 bits per heavy atom. The van der Waals surface area contributed by atoms with E-state index in [1.54, 1.807) is 6.07 Å². The Bertz CT molecular complexity index is 434. The molecule has 0 radical (unpaired) electrons. The highest BCUT2D eigenvalue weighted by molar-refractivity contribution is 5.84. The van der Waals surface area contributed by atoms with Gasteiger partial charge in [-0.15, -0.1) is 0 Å². The average Bonchev–Trinajstić information content (AvgIpc) is 3.09. The van der Waals surface area contributed by atoms with Crippen LogP contribution in [0.2, 0.25) is 0 Å². The predicted octanol–water partition coefficient (Wildman–Crippen LogP) is 2.97. The monoisotopic (exact) mass is 242 g/mol. The second-order valence-corrected chi connectivity index (χ2v) is 4.21. The fraction of sp³-hybridized carbons (Fsp3) is 0.417. The quantitative estimate of drug-likeness (QED) is 0.642. The first-order valence-electron chi connectivity index (χ1n) is 5.43. The fourth-order valence-electron chi connectivity index (χ4n) is 1.54. The van der Waals surface area contributed by atoms with Crippen molar-refractivity contribution >= 4 is 5.84 Å². The number of hydrogen-bond donors (Lipinski definition) is 1. The topological polar surface area (TPSA) is 38.4 Å². The van der Waals surface area contributed by atoms with Crippen LogP contribution in [0.4, 0.5) is 13.2 Å². The van der Waals surface area contributed by atoms with Crippen molar-refractivity contribution in [2.45, 2.75) is 25.6 Å². The average molecular weight is 242 g/mol. The van der Waals surface area contributed by atoms with Crippen LogP contribution in [0.15, 0.2) is 29.3 Å². The Morgan fingerprint density at radius 2 is 2.06 bits per heavy atom. The maximum atomic E-state index is 12.4. The van der Waals surface area contributed by atoms with E-state index < -0.39 is 11.7 Å². The second kappa shape index (κ2) is 4.39. The highest BCUT2D eigenvalue weighted by Crippen LogP contribution is 2.30. The molecule has 0 saturated heterocycles. The summed E-state index contributed by atoms with van der Waals surface area (Å²) in [6.07, 6.45) is -2.22. The summed E-state index contributed by atoms with van der Waals surface area (Å²) in [5, 5.41) is 0. The Hall–Kier alpha value is -1.52. The van der Waals surface area contributed by atoms with Crippen molar-refractivity contribution in [3.63, 3.8) is 0 Å². The van der Waals surface area contributed by atoms with Gasteiger partial charge in [-0.2, -0.15) is 13.2 Å². The summed E-state index contributed by atoms with van der Waals surface area (Å²) in [7, 11) is 0. The van der Waals surface area contributed by atoms with Crippen LogP contribution in [0, 0.1) is 5.92 Å². The summed E-state index contributed by atoms with van der Waals surface area (Å²) in [6, 6.07) is 5.18. The van der Waals surface area contributed by atoms with Gasteiger partial charge in [-0.05, 0) is 30.5 Å². The molecular weight excluding hydrogens is 229 g/mol. The molecular formula is C12H13F3N2. The first-order chi connectivity index (χ1) is 7.97. The zero-order chi connectivity index (χ0) is 12.5. The zero-order valence-corrected chi connectivity index (χ0v) is 9.17. The molecule has 5 heteroatoms. The molecule has 1 aliphatic carbocycles. The Labute approximate surface area is 97.3 Å². The number of halogens is 3. The lowest BCUT2D eigenvalue weighted by atomic mass is 10.1. The Balaban J connectivity index is 2.08. The number of nitrogens with zero attached hydrogens (tertiary/aromatic N) is 1. The lowest BCUT2D eigenvalue weighted by Crippen LogP contribution is -2.14. The number of alkyl halides is 3. The van der Waals surface area contributed by atoms with Crippen molar-refractivity contribution in [2.24, 2.45) is 16.6 Å². The normalized spacial score (nSPS) is 17.2. The van der Waals surface area contributed by atoms with E-state index in [1.165, 1.54) is 6.07 Å². The minimum atomic E-state index is -4.30. The maximum Gasteiger partial charge on any atom is 0.416 e. The first kappa shape index (κ1) is 12.0. The van der Waals surface area contributed by atoms with Gasteiger partial charge in [-0.25, -0.2) is 0 Å². The molecule has 1 aromatic carbocycles. The third-order valence-corrected chi connectivity index (χ3v) is 2.69. The molecule has 0 spiro atoms. The van der Waals surface area contributed by atoms with Crippen LogP contribution in [0.3, 0.4) is 0 Å². The van der Waals surface area contributed by atoms with Crippen LogP contribution in [0.5, 0.6) is 0 Å². The fourth-order valence-corrected chi connectivity index (χ4v) is 1.54. The predicted molar refractivity (Wildman–Crippen MR) is 59.5 cm³/mol. The van der Waals surface area contributed by atoms with Gasteiger partial charge in [0.25, 0.3) is 0 Å². The number of rotatable bonds is 3. The number of hydrogen-bond acceptors (Lipinski definition) is 1. The van der Waals surface area contributed by atoms with Crippen molar-refractivity contribution in [1.29, 1.82) is 0 Å². The van der Waals surface area contributed by atoms with Crippen LogP contribution >= 0.6 is 0 Å². The van der Waals surface area contributed by atoms with Crippen LogP contribution in [-0.4, -0.2) is 5.84 Å². The van der Waals surface area contributed by atoms with Crippen molar-refractivity contribution in [1.82, 2.24) is 0 Å². The van der Waals surface area contributed by atoms with E-state index in [-0.39, 0.29) is 6.54 Å². The molecule has 1 saturated carbocycles. The summed E-state index contributed by atoms with van der Waals surface area (Å²) >= 11 is 0. The summed E-state index contributed by atoms with van der Waals surface area (Å²) in [4.78, 5) is 4.11. The van der Waals surface area contributed by atoms with Gasteiger partial charge in [0.05, 0.1) is 17.9 Å². The smallest absolute Gasteiger partial charge is 0.387 e. The molecule has 17 heavy (non-hydrogen) atoms. The molecule has 0 aliphatic heterocycles. The molecule has 2 rings (SSSR count). The Kier molecular flexibility index (Phi) is 3.09. The van der Waals surface area contributed by atoms with Gasteiger partial charge in [0.2, 0.25) is 0 Å². The molecule has 0 unspecified atom stereocenters. The van der Waals surface area contributed by atoms with E-state index in [1.807, 2.05) is 0 Å². The highest BCUT2D eigenvalue weighted by Gasteiger charge is 2.30. The van der Waals surface area contributed by atoms with Crippen molar-refractivity contribution in [2.75, 3.05) is 0 Å². The number of aliphatic imine (C=N–C) groups is 1. The lowest BCUT2D eigenvalue weighted by Gasteiger charge is -2.07. The van der Waals surface area contributed by atoms with Crippen LogP contribution in [0.1, 0.15) is 24.0 Å². The molecule has 2 nitrogen and oxygen atoms in total. The van der Waals surface area contributed by atoms with Gasteiger partial charge in [0, 0.05) is 5.92 Å². The SMILES string of the molecule is NC(=NCc1cccc(C(F)(F)F)c1)C1CC1. The Morgan fingerprint density at radius 1 is 1.35 bits per heavy atom. The van der Waals surface area contributed by atoms with Crippen LogP contribution in [0.25, 0.3) is 0 Å². The van der Waals surface area contributed by atoms with Crippen molar-refractivity contribution in [3.8, 4) is 0 Å². The summed E-state index contributed by atoms with van der Waals surface area (Å²) in [5.41, 5.74) is 5.57. The van der Waals surface area contributed by atoms with E-state index >= 15 is 0 Å². The third-order valence-electron chi connectivity index (χ3n) is 2.69. The van der Waals surface area contributed by atoms with Crippen LogP contribution in [-0.2, 0) is 12.7 Å². The van der Waals surface area contributed by atoms with Gasteiger partial charge in [0.1, 0.15) is 0 Å². The molecule has 0 atom stereocenters. The second-order valence-electron chi connectivity index (χ2n) is 4.21. The minimum absolute atomic E-state index is 0.215. The summed E-state index contributed by atoms with van der Waals surface area (Å²) in [6.45, 7) is 0.215. The summed E-state index contributed by atoms with van der Waals surface area (Å²) < 4.78 is 37.3. The summed E-state index contributed by atoms with van der Waals surface area (Å²) in [5.74, 6) is 0.906. The molecule has 1 fully saturated rings. The van der Waals surface area contributed by atoms with E-state index in [0.717, 1.165) is 25.0 Å². The molecule has 0 amide bonds. The van der Waals surface area contributed by atoms with Gasteiger partial charge < -0.3 is 5.73 Å². The van der Waals surface area contributed by atoms with Crippen molar-refractivity contribution in [3.05, 3.63) is 35.4 Å². The lowest BCUT2D eigenvalue weighted by molar-refractivity contribution is -0.137. The van der Waals surface area contributed by atoms with Gasteiger partial charge in [-0.1, -0.05) is 12.1 Å². The van der Waals surface area contributed by atoms with Crippen molar-refractivity contribution < 1.29 is 13.2 Å². The van der Waals surface area contributed by atoms with E-state index in [2.05, 4.69) is 4.99 Å². The standard InChI is InChI=1S/C12H13F3N2/c13-12(14,15)10-3-1-2-8(6-10)7-17-11(16)9-4-5-9/h1-3,6,9H,4-5,7H2,(H2,16,17).